The van der Waals surface area contributed by atoms with Gasteiger partial charge in [-0.1, -0.05) is 45.0 Å². The quantitative estimate of drug-likeness (QED) is 0.506. The minimum atomic E-state index is 0.406. The molecule has 0 atom stereocenters. The van der Waals surface area contributed by atoms with Crippen molar-refractivity contribution in [2.75, 3.05) is 46.8 Å². The van der Waals surface area contributed by atoms with Gasteiger partial charge in [0.25, 0.3) is 0 Å². The van der Waals surface area contributed by atoms with Crippen molar-refractivity contribution in [3.63, 3.8) is 0 Å². The molecule has 0 unspecified atom stereocenters. The third-order valence-corrected chi connectivity index (χ3v) is 6.26. The lowest BCUT2D eigenvalue weighted by Gasteiger charge is -2.34. The molecule has 1 aliphatic rings. The third-order valence-electron chi connectivity index (χ3n) is 6.26. The lowest BCUT2D eigenvalue weighted by atomic mass is 10.1. The molecule has 1 N–H and O–H groups in total. The Morgan fingerprint density at radius 1 is 1.09 bits per heavy atom. The molecule has 1 fully saturated rings. The van der Waals surface area contributed by atoms with Crippen LogP contribution in [-0.4, -0.2) is 77.3 Å². The second-order valence-corrected chi connectivity index (χ2v) is 9.15. The average molecular weight is 440 g/mol. The number of aromatic nitrogens is 2. The van der Waals surface area contributed by atoms with Gasteiger partial charge in [-0.3, -0.25) is 14.6 Å². The Bertz CT molecular complexity index is 861. The molecule has 2 heterocycles. The molecule has 7 nitrogen and oxygen atoms in total. The zero-order valence-electron chi connectivity index (χ0n) is 20.8. The maximum absolute atomic E-state index is 4.62. The lowest BCUT2D eigenvalue weighted by molar-refractivity contribution is 0.132. The number of aliphatic imine (C=N–C) groups is 1. The van der Waals surface area contributed by atoms with E-state index in [1.165, 1.54) is 29.8 Å². The highest BCUT2D eigenvalue weighted by Crippen LogP contribution is 2.18. The number of likely N-dealkylation sites (N-methyl/N-ethyl adjacent to an activating group) is 1. The van der Waals surface area contributed by atoms with Gasteiger partial charge in [0, 0.05) is 78.7 Å². The van der Waals surface area contributed by atoms with Gasteiger partial charge in [0.2, 0.25) is 0 Å². The molecule has 0 radical (unpaired) electrons. The molecule has 0 spiro atoms. The summed E-state index contributed by atoms with van der Waals surface area (Å²) in [6, 6.07) is 8.99. The van der Waals surface area contributed by atoms with E-state index in [9.17, 15) is 0 Å². The highest BCUT2D eigenvalue weighted by atomic mass is 15.3. The maximum Gasteiger partial charge on any atom is 0.193 e. The minimum Gasteiger partial charge on any atom is -0.352 e. The Morgan fingerprint density at radius 2 is 1.72 bits per heavy atom. The molecule has 0 aliphatic carbocycles. The van der Waals surface area contributed by atoms with E-state index in [1.54, 1.807) is 0 Å². The molecule has 0 saturated carbocycles. The van der Waals surface area contributed by atoms with Crippen molar-refractivity contribution in [3.05, 3.63) is 52.8 Å². The molecule has 1 saturated heterocycles. The Hall–Kier alpha value is -2.38. The van der Waals surface area contributed by atoms with Gasteiger partial charge in [0.15, 0.2) is 5.96 Å². The van der Waals surface area contributed by atoms with Gasteiger partial charge in [-0.15, -0.1) is 0 Å². The molecule has 32 heavy (non-hydrogen) atoms. The highest BCUT2D eigenvalue weighted by molar-refractivity contribution is 5.79. The number of benzene rings is 1. The van der Waals surface area contributed by atoms with E-state index in [-0.39, 0.29) is 0 Å². The van der Waals surface area contributed by atoms with Crippen molar-refractivity contribution < 1.29 is 0 Å². The maximum atomic E-state index is 4.62. The van der Waals surface area contributed by atoms with Crippen LogP contribution >= 0.6 is 0 Å². The van der Waals surface area contributed by atoms with Gasteiger partial charge in [-0.25, -0.2) is 0 Å². The molecule has 1 aliphatic heterocycles. The van der Waals surface area contributed by atoms with Crippen molar-refractivity contribution in [2.24, 2.45) is 12.0 Å². The molecular formula is C25H41N7. The van der Waals surface area contributed by atoms with Crippen molar-refractivity contribution >= 4 is 5.96 Å². The van der Waals surface area contributed by atoms with Gasteiger partial charge < -0.3 is 15.1 Å². The molecule has 0 amide bonds. The third kappa shape index (κ3) is 6.56. The summed E-state index contributed by atoms with van der Waals surface area (Å²) in [5, 5.41) is 8.13. The molecule has 7 heteroatoms. The van der Waals surface area contributed by atoms with Gasteiger partial charge in [-0.05, 0) is 23.6 Å². The molecule has 2 aromatic rings. The second-order valence-electron chi connectivity index (χ2n) is 9.15. The van der Waals surface area contributed by atoms with Gasteiger partial charge >= 0.3 is 0 Å². The number of hydrogen-bond acceptors (Lipinski definition) is 4. The molecule has 1 aromatic heterocycles. The van der Waals surface area contributed by atoms with E-state index >= 15 is 0 Å². The zero-order valence-corrected chi connectivity index (χ0v) is 20.8. The van der Waals surface area contributed by atoms with Crippen LogP contribution in [-0.2, 0) is 26.7 Å². The minimum absolute atomic E-state index is 0.406. The van der Waals surface area contributed by atoms with Crippen LogP contribution in [0.3, 0.4) is 0 Å². The summed E-state index contributed by atoms with van der Waals surface area (Å²) in [7, 11) is 5.90. The van der Waals surface area contributed by atoms with Crippen LogP contribution in [0, 0.1) is 0 Å². The number of aryl methyl sites for hydroxylation is 1. The van der Waals surface area contributed by atoms with E-state index in [2.05, 4.69) is 88.4 Å². The van der Waals surface area contributed by atoms with Crippen molar-refractivity contribution in [2.45, 2.75) is 46.3 Å². The molecular weight excluding hydrogens is 398 g/mol. The standard InChI is InChI=1S/C25H41N7/c1-7-31-12-14-32(15-13-31)17-22-10-8-21(9-11-22)16-27-25(26-4)29(5)18-23-19-30(6)28-24(23)20(2)3/h8-11,19-20H,7,12-18H2,1-6H3,(H,26,27). The first-order valence-corrected chi connectivity index (χ1v) is 11.9. The Morgan fingerprint density at radius 3 is 2.31 bits per heavy atom. The van der Waals surface area contributed by atoms with Crippen LogP contribution < -0.4 is 5.32 Å². The number of hydrogen-bond donors (Lipinski definition) is 1. The van der Waals surface area contributed by atoms with Crippen LogP contribution in [0.25, 0.3) is 0 Å². The second kappa shape index (κ2) is 11.5. The Balaban J connectivity index is 1.50. The predicted octanol–water partition coefficient (Wildman–Crippen LogP) is 2.89. The topological polar surface area (TPSA) is 51.9 Å². The Kier molecular flexibility index (Phi) is 8.70. The monoisotopic (exact) mass is 439 g/mol. The first kappa shape index (κ1) is 24.3. The van der Waals surface area contributed by atoms with E-state index in [0.717, 1.165) is 50.9 Å². The first-order valence-electron chi connectivity index (χ1n) is 11.9. The largest absolute Gasteiger partial charge is 0.352 e. The van der Waals surface area contributed by atoms with Crippen LogP contribution in [0.2, 0.25) is 0 Å². The summed E-state index contributed by atoms with van der Waals surface area (Å²) in [6.07, 6.45) is 2.11. The van der Waals surface area contributed by atoms with E-state index in [1.807, 2.05) is 18.8 Å². The smallest absolute Gasteiger partial charge is 0.193 e. The number of nitrogens with one attached hydrogen (secondary N) is 1. The summed E-state index contributed by atoms with van der Waals surface area (Å²) >= 11 is 0. The summed E-state index contributed by atoms with van der Waals surface area (Å²) in [4.78, 5) is 11.7. The molecule has 1 aromatic carbocycles. The molecule has 3 rings (SSSR count). The number of nitrogens with zero attached hydrogens (tertiary/aromatic N) is 6. The normalized spacial score (nSPS) is 16.0. The number of guanidine groups is 1. The predicted molar refractivity (Wildman–Crippen MR) is 133 cm³/mol. The fourth-order valence-corrected chi connectivity index (χ4v) is 4.34. The molecule has 176 valence electrons. The first-order chi connectivity index (χ1) is 15.4. The molecule has 0 bridgehead atoms. The van der Waals surface area contributed by atoms with Crippen LogP contribution in [0.1, 0.15) is 49.1 Å². The number of piperazine rings is 1. The van der Waals surface area contributed by atoms with E-state index in [0.29, 0.717) is 5.92 Å². The SMILES string of the molecule is CCN1CCN(Cc2ccc(CNC(=NC)N(C)Cc3cn(C)nc3C(C)C)cc2)CC1. The summed E-state index contributed by atoms with van der Waals surface area (Å²) in [5.41, 5.74) is 5.06. The summed E-state index contributed by atoms with van der Waals surface area (Å²) in [5.74, 6) is 1.30. The number of rotatable bonds is 8. The van der Waals surface area contributed by atoms with Crippen molar-refractivity contribution in [1.29, 1.82) is 0 Å². The highest BCUT2D eigenvalue weighted by Gasteiger charge is 2.16. The lowest BCUT2D eigenvalue weighted by Crippen LogP contribution is -2.45. The Labute approximate surface area is 194 Å². The van der Waals surface area contributed by atoms with Gasteiger partial charge in [0.1, 0.15) is 0 Å². The van der Waals surface area contributed by atoms with Crippen molar-refractivity contribution in [1.82, 2.24) is 29.8 Å². The van der Waals surface area contributed by atoms with Crippen LogP contribution in [0.15, 0.2) is 35.5 Å². The van der Waals surface area contributed by atoms with Gasteiger partial charge in [0.05, 0.1) is 5.69 Å². The average Bonchev–Trinajstić information content (AvgIpc) is 3.16. The van der Waals surface area contributed by atoms with E-state index < -0.39 is 0 Å². The van der Waals surface area contributed by atoms with Crippen molar-refractivity contribution in [3.8, 4) is 0 Å². The van der Waals surface area contributed by atoms with Crippen LogP contribution in [0.4, 0.5) is 0 Å². The summed E-state index contributed by atoms with van der Waals surface area (Å²) in [6.45, 7) is 15.1. The van der Waals surface area contributed by atoms with Gasteiger partial charge in [-0.2, -0.15) is 5.10 Å². The fraction of sp³-hybridized carbons (Fsp3) is 0.600. The van der Waals surface area contributed by atoms with Crippen LogP contribution in [0.5, 0.6) is 0 Å². The van der Waals surface area contributed by atoms with E-state index in [4.69, 9.17) is 0 Å². The zero-order chi connectivity index (χ0) is 23.1. The summed E-state index contributed by atoms with van der Waals surface area (Å²) < 4.78 is 1.90. The fourth-order valence-electron chi connectivity index (χ4n) is 4.34.